The molecule has 0 aromatic rings. The maximum absolute atomic E-state index is 11.7. The lowest BCUT2D eigenvalue weighted by atomic mass is 9.85. The largest absolute Gasteiger partial charge is 0.325 e. The van der Waals surface area contributed by atoms with E-state index in [0.29, 0.717) is 0 Å². The number of allylic oxidation sites excluding steroid dienone is 1. The van der Waals surface area contributed by atoms with Crippen LogP contribution in [0.5, 0.6) is 0 Å². The van der Waals surface area contributed by atoms with E-state index in [9.17, 15) is 4.79 Å². The second kappa shape index (κ2) is 3.82. The second-order valence-electron chi connectivity index (χ2n) is 4.24. The van der Waals surface area contributed by atoms with Crippen LogP contribution in [0.4, 0.5) is 0 Å². The molecule has 2 aliphatic carbocycles. The summed E-state index contributed by atoms with van der Waals surface area (Å²) in [5.41, 5.74) is 5.93. The molecule has 0 aliphatic heterocycles. The molecule has 0 amide bonds. The number of carbonyl (C=O) groups excluding carboxylic acids is 1. The summed E-state index contributed by atoms with van der Waals surface area (Å²) < 4.78 is -1.74. The minimum absolute atomic E-state index is 0.00540. The molecule has 2 rings (SSSR count). The Balaban J connectivity index is 2.77. The van der Waals surface area contributed by atoms with Crippen LogP contribution in [0.15, 0.2) is 10.1 Å². The van der Waals surface area contributed by atoms with Crippen LogP contribution in [-0.2, 0) is 4.79 Å². The van der Waals surface area contributed by atoms with Gasteiger partial charge in [0, 0.05) is 6.04 Å². The van der Waals surface area contributed by atoms with E-state index in [0.717, 1.165) is 0 Å². The molecule has 0 spiro atoms. The maximum atomic E-state index is 11.7. The second-order valence-corrected chi connectivity index (χ2v) is 7.52. The van der Waals surface area contributed by atoms with Gasteiger partial charge in [-0.15, -0.1) is 23.2 Å². The van der Waals surface area contributed by atoms with Gasteiger partial charge in [-0.1, -0.05) is 46.4 Å². The Morgan fingerprint density at radius 2 is 1.53 bits per heavy atom. The van der Waals surface area contributed by atoms with Gasteiger partial charge in [-0.3, -0.25) is 4.79 Å². The van der Waals surface area contributed by atoms with Gasteiger partial charge in [0.2, 0.25) is 0 Å². The number of nitrogens with two attached hydrogens (primary N) is 1. The molecule has 0 aromatic heterocycles. The Morgan fingerprint density at radius 1 is 1.12 bits per heavy atom. The Kier molecular flexibility index (Phi) is 3.26. The summed E-state index contributed by atoms with van der Waals surface area (Å²) in [6.07, 6.45) is 0. The number of ketones is 1. The maximum Gasteiger partial charge on any atom is 0.168 e. The first kappa shape index (κ1) is 14.5. The fourth-order valence-electron chi connectivity index (χ4n) is 2.56. The molecule has 2 nitrogen and oxygen atoms in total. The molecule has 0 aromatic carbocycles. The number of fused-ring (bicyclic) bond motifs is 2. The van der Waals surface area contributed by atoms with Gasteiger partial charge in [0.1, 0.15) is 15.5 Å². The van der Waals surface area contributed by atoms with Gasteiger partial charge < -0.3 is 5.73 Å². The van der Waals surface area contributed by atoms with Crippen LogP contribution in [-0.4, -0.2) is 25.9 Å². The van der Waals surface area contributed by atoms with Crippen molar-refractivity contribution in [2.75, 3.05) is 0 Å². The summed E-state index contributed by atoms with van der Waals surface area (Å²) in [5.74, 6) is -1.17. The van der Waals surface area contributed by atoms with Gasteiger partial charge in [0.15, 0.2) is 4.33 Å². The van der Waals surface area contributed by atoms with Crippen molar-refractivity contribution in [3.8, 4) is 0 Å². The lowest BCUT2D eigenvalue weighted by Crippen LogP contribution is -2.50. The third-order valence-electron chi connectivity index (χ3n) is 3.43. The van der Waals surface area contributed by atoms with Crippen molar-refractivity contribution in [1.29, 1.82) is 0 Å². The van der Waals surface area contributed by atoms with Crippen molar-refractivity contribution < 1.29 is 4.79 Å². The molecular formula is C9H7Cl6NO. The van der Waals surface area contributed by atoms with Crippen LogP contribution in [0.1, 0.15) is 6.92 Å². The van der Waals surface area contributed by atoms with Gasteiger partial charge in [0.25, 0.3) is 0 Å². The van der Waals surface area contributed by atoms with Gasteiger partial charge >= 0.3 is 0 Å². The first-order valence-electron chi connectivity index (χ1n) is 4.62. The normalized spacial score (nSPS) is 47.8. The molecule has 96 valence electrons. The number of alkyl halides is 4. The highest BCUT2D eigenvalue weighted by Gasteiger charge is 2.82. The number of halogens is 6. The Bertz CT molecular complexity index is 449. The molecule has 2 bridgehead atoms. The highest BCUT2D eigenvalue weighted by atomic mass is 35.5. The predicted octanol–water partition coefficient (Wildman–Crippen LogP) is 3.36. The molecule has 17 heavy (non-hydrogen) atoms. The van der Waals surface area contributed by atoms with Crippen molar-refractivity contribution in [2.45, 2.75) is 27.0 Å². The Labute approximate surface area is 128 Å². The quantitative estimate of drug-likeness (QED) is 0.731. The number of carbonyl (C=O) groups is 1. The lowest BCUT2D eigenvalue weighted by molar-refractivity contribution is -0.121. The minimum Gasteiger partial charge on any atom is -0.325 e. The van der Waals surface area contributed by atoms with Crippen molar-refractivity contribution in [3.63, 3.8) is 0 Å². The average molecular weight is 358 g/mol. The van der Waals surface area contributed by atoms with E-state index in [4.69, 9.17) is 75.3 Å². The summed E-state index contributed by atoms with van der Waals surface area (Å²) >= 11 is 37.1. The topological polar surface area (TPSA) is 43.1 Å². The fourth-order valence-corrected chi connectivity index (χ4v) is 5.49. The van der Waals surface area contributed by atoms with Crippen LogP contribution in [0.2, 0.25) is 0 Å². The summed E-state index contributed by atoms with van der Waals surface area (Å²) in [7, 11) is 0. The van der Waals surface area contributed by atoms with E-state index in [1.807, 2.05) is 0 Å². The molecule has 0 radical (unpaired) electrons. The lowest BCUT2D eigenvalue weighted by Gasteiger charge is -2.32. The molecule has 0 heterocycles. The van der Waals surface area contributed by atoms with Crippen LogP contribution < -0.4 is 5.73 Å². The molecule has 4 atom stereocenters. The summed E-state index contributed by atoms with van der Waals surface area (Å²) in [6.45, 7) is 1.33. The third-order valence-corrected chi connectivity index (χ3v) is 7.71. The van der Waals surface area contributed by atoms with Crippen LogP contribution in [0.25, 0.3) is 0 Å². The van der Waals surface area contributed by atoms with Crippen molar-refractivity contribution in [1.82, 2.24) is 0 Å². The van der Waals surface area contributed by atoms with E-state index in [1.54, 1.807) is 0 Å². The van der Waals surface area contributed by atoms with Crippen molar-refractivity contribution in [3.05, 3.63) is 10.1 Å². The molecule has 1 fully saturated rings. The van der Waals surface area contributed by atoms with Gasteiger partial charge in [-0.25, -0.2) is 0 Å². The molecule has 0 saturated heterocycles. The fraction of sp³-hybridized carbons (Fsp3) is 0.667. The van der Waals surface area contributed by atoms with Crippen LogP contribution >= 0.6 is 69.6 Å². The van der Waals surface area contributed by atoms with E-state index in [2.05, 4.69) is 0 Å². The SMILES string of the molecule is CC(=O)C1C(N)C2(Cl)C(Cl)=C(Cl)C1(Cl)C2(Cl)Cl. The highest BCUT2D eigenvalue weighted by Crippen LogP contribution is 2.73. The van der Waals surface area contributed by atoms with E-state index in [-0.39, 0.29) is 15.8 Å². The zero-order valence-electron chi connectivity index (χ0n) is 8.41. The first-order chi connectivity index (χ1) is 7.54. The Hall–Kier alpha value is 1.11. The number of rotatable bonds is 1. The molecular weight excluding hydrogens is 351 g/mol. The standard InChI is InChI=1S/C9H7Cl6NO/c1-2(17)3-6(16)8(13)5(11)4(10)7(3,12)9(8,14)15/h3,6H,16H2,1H3. The number of hydrogen-bond donors (Lipinski definition) is 1. The zero-order chi connectivity index (χ0) is 13.4. The molecule has 2 N–H and O–H groups in total. The first-order valence-corrected chi connectivity index (χ1v) is 6.89. The van der Waals surface area contributed by atoms with Crippen molar-refractivity contribution in [2.24, 2.45) is 11.7 Å². The van der Waals surface area contributed by atoms with E-state index in [1.165, 1.54) is 6.92 Å². The monoisotopic (exact) mass is 355 g/mol. The van der Waals surface area contributed by atoms with Gasteiger partial charge in [0.05, 0.1) is 16.0 Å². The molecule has 1 saturated carbocycles. The molecule has 8 heteroatoms. The smallest absolute Gasteiger partial charge is 0.168 e. The Morgan fingerprint density at radius 3 is 1.88 bits per heavy atom. The third kappa shape index (κ3) is 1.29. The average Bonchev–Trinajstić information content (AvgIpc) is 2.39. The summed E-state index contributed by atoms with van der Waals surface area (Å²) in [4.78, 5) is 8.54. The van der Waals surface area contributed by atoms with Crippen LogP contribution in [0, 0.1) is 5.92 Å². The zero-order valence-corrected chi connectivity index (χ0v) is 12.9. The molecule has 2 aliphatic rings. The summed E-state index contributed by atoms with van der Waals surface area (Å²) in [6, 6.07) is -0.899. The van der Waals surface area contributed by atoms with E-state index >= 15 is 0 Å². The molecule has 4 unspecified atom stereocenters. The van der Waals surface area contributed by atoms with Gasteiger partial charge in [-0.05, 0) is 6.92 Å². The highest BCUT2D eigenvalue weighted by molar-refractivity contribution is 6.66. The van der Waals surface area contributed by atoms with E-state index < -0.39 is 26.0 Å². The number of Topliss-reactive ketones (excluding diaryl/α,β-unsaturated/α-hetero) is 1. The van der Waals surface area contributed by atoms with Gasteiger partial charge in [-0.2, -0.15) is 0 Å². The number of hydrogen-bond acceptors (Lipinski definition) is 2. The predicted molar refractivity (Wildman–Crippen MR) is 72.5 cm³/mol. The van der Waals surface area contributed by atoms with Crippen molar-refractivity contribution >= 4 is 75.4 Å². The minimum atomic E-state index is -1.74. The van der Waals surface area contributed by atoms with Crippen LogP contribution in [0.3, 0.4) is 0 Å². The summed E-state index contributed by atoms with van der Waals surface area (Å²) in [5, 5.41) is -0.00596.